The molecule has 6 heterocycles. The molecule has 2 unspecified atom stereocenters. The Bertz CT molecular complexity index is 1980. The molecule has 46 heavy (non-hydrogen) atoms. The number of likely N-dealkylation sites (N-methyl/N-ethyl adjacent to an activating group) is 1. The van der Waals surface area contributed by atoms with E-state index in [1.807, 2.05) is 49.9 Å². The number of pyridine rings is 2. The first-order valence-electron chi connectivity index (χ1n) is 15.0. The van der Waals surface area contributed by atoms with Crippen LogP contribution in [0, 0.1) is 12.7 Å². The Morgan fingerprint density at radius 3 is 2.89 bits per heavy atom. The van der Waals surface area contributed by atoms with Gasteiger partial charge in [0.2, 0.25) is 5.91 Å². The van der Waals surface area contributed by atoms with Gasteiger partial charge in [0, 0.05) is 56.1 Å². The lowest BCUT2D eigenvalue weighted by Crippen LogP contribution is -2.56. The summed E-state index contributed by atoms with van der Waals surface area (Å²) < 4.78 is 29.2. The van der Waals surface area contributed by atoms with Gasteiger partial charge in [0.05, 0.1) is 17.2 Å². The van der Waals surface area contributed by atoms with Gasteiger partial charge in [-0.15, -0.1) is 0 Å². The minimum atomic E-state index is -0.522. The Morgan fingerprint density at radius 1 is 1.17 bits per heavy atom. The van der Waals surface area contributed by atoms with Gasteiger partial charge in [-0.3, -0.25) is 4.79 Å². The van der Waals surface area contributed by atoms with Crippen molar-refractivity contribution in [3.8, 4) is 17.2 Å². The third-order valence-electron chi connectivity index (χ3n) is 8.38. The van der Waals surface area contributed by atoms with Gasteiger partial charge in [0.15, 0.2) is 23.0 Å². The fourth-order valence-electron chi connectivity index (χ4n) is 5.52. The van der Waals surface area contributed by atoms with Crippen LogP contribution >= 0.6 is 0 Å². The molecule has 0 spiro atoms. The molecule has 1 aromatic carbocycles. The molecule has 0 aliphatic carbocycles. The second-order valence-corrected chi connectivity index (χ2v) is 11.7. The largest absolute Gasteiger partial charge is 0.487 e. The van der Waals surface area contributed by atoms with Gasteiger partial charge < -0.3 is 29.5 Å². The zero-order valence-corrected chi connectivity index (χ0v) is 25.9. The van der Waals surface area contributed by atoms with E-state index in [1.165, 1.54) is 18.7 Å². The number of carbonyl (C=O) groups is 1. The SMILES string of the molecule is Cc1cc(Nc2ncnc3cc4c(nc23)N2CCN(C(=O)/C=C/C(C)N(C)C)C(CO4)C2)c(F)cc1Oc1ccn2ncnc2c1. The number of ether oxygens (including phenoxy) is 2. The number of anilines is 3. The molecule has 4 aromatic heterocycles. The summed E-state index contributed by atoms with van der Waals surface area (Å²) in [5.41, 5.74) is 2.57. The molecule has 1 N–H and O–H groups in total. The predicted octanol–water partition coefficient (Wildman–Crippen LogP) is 3.97. The van der Waals surface area contributed by atoms with E-state index in [9.17, 15) is 4.79 Å². The van der Waals surface area contributed by atoms with E-state index < -0.39 is 5.82 Å². The van der Waals surface area contributed by atoms with Gasteiger partial charge >= 0.3 is 0 Å². The molecule has 1 saturated heterocycles. The van der Waals surface area contributed by atoms with Crippen LogP contribution in [0.4, 0.5) is 21.7 Å². The second-order valence-electron chi connectivity index (χ2n) is 11.7. The van der Waals surface area contributed by atoms with Crippen LogP contribution in [0.5, 0.6) is 17.2 Å². The fourth-order valence-corrected chi connectivity index (χ4v) is 5.52. The highest BCUT2D eigenvalue weighted by Crippen LogP contribution is 2.37. The maximum absolute atomic E-state index is 15.5. The second kappa shape index (κ2) is 11.9. The lowest BCUT2D eigenvalue weighted by molar-refractivity contribution is -0.129. The van der Waals surface area contributed by atoms with Crippen LogP contribution in [0.15, 0.2) is 61.3 Å². The third-order valence-corrected chi connectivity index (χ3v) is 8.38. The van der Waals surface area contributed by atoms with Crippen molar-refractivity contribution in [2.45, 2.75) is 25.9 Å². The fraction of sp³-hybridized carbons (Fsp3) is 0.312. The minimum Gasteiger partial charge on any atom is -0.487 e. The number of hydrogen-bond acceptors (Lipinski definition) is 11. The number of carbonyl (C=O) groups excluding carboxylic acids is 1. The predicted molar refractivity (Wildman–Crippen MR) is 170 cm³/mol. The number of piperazine rings is 1. The summed E-state index contributed by atoms with van der Waals surface area (Å²) in [6.07, 6.45) is 8.14. The highest BCUT2D eigenvalue weighted by Gasteiger charge is 2.35. The van der Waals surface area contributed by atoms with Crippen molar-refractivity contribution in [2.24, 2.45) is 0 Å². The molecule has 1 amide bonds. The van der Waals surface area contributed by atoms with Gasteiger partial charge in [-0.05, 0) is 45.6 Å². The first-order valence-corrected chi connectivity index (χ1v) is 15.0. The van der Waals surface area contributed by atoms with E-state index in [1.54, 1.807) is 35.0 Å². The monoisotopic (exact) mass is 624 g/mol. The molecule has 13 nitrogen and oxygen atoms in total. The van der Waals surface area contributed by atoms with E-state index in [4.69, 9.17) is 14.5 Å². The van der Waals surface area contributed by atoms with E-state index in [-0.39, 0.29) is 23.7 Å². The minimum absolute atomic E-state index is 0.0338. The van der Waals surface area contributed by atoms with Crippen LogP contribution in [-0.4, -0.2) is 97.7 Å². The molecule has 7 rings (SSSR count). The van der Waals surface area contributed by atoms with Crippen molar-refractivity contribution in [1.82, 2.24) is 39.3 Å². The Labute approximate surface area is 264 Å². The van der Waals surface area contributed by atoms with E-state index >= 15 is 4.39 Å². The average molecular weight is 625 g/mol. The summed E-state index contributed by atoms with van der Waals surface area (Å²) in [5.74, 6) is 1.91. The van der Waals surface area contributed by atoms with Crippen molar-refractivity contribution in [3.05, 3.63) is 72.7 Å². The number of halogens is 1. The molecule has 2 aliphatic heterocycles. The first-order chi connectivity index (χ1) is 22.2. The van der Waals surface area contributed by atoms with Crippen molar-refractivity contribution >= 4 is 39.9 Å². The van der Waals surface area contributed by atoms with Crippen LogP contribution in [0.25, 0.3) is 16.7 Å². The average Bonchev–Trinajstić information content (AvgIpc) is 3.47. The summed E-state index contributed by atoms with van der Waals surface area (Å²) in [7, 11) is 3.95. The number of aryl methyl sites for hydroxylation is 1. The quantitative estimate of drug-likeness (QED) is 0.265. The Kier molecular flexibility index (Phi) is 7.56. The lowest BCUT2D eigenvalue weighted by atomic mass is 10.1. The number of benzene rings is 1. The smallest absolute Gasteiger partial charge is 0.246 e. The van der Waals surface area contributed by atoms with Crippen LogP contribution in [0.2, 0.25) is 0 Å². The van der Waals surface area contributed by atoms with Crippen LogP contribution in [0.1, 0.15) is 12.5 Å². The molecule has 14 heteroatoms. The topological polar surface area (TPSA) is 126 Å². The zero-order valence-electron chi connectivity index (χ0n) is 25.9. The molecule has 0 radical (unpaired) electrons. The summed E-state index contributed by atoms with van der Waals surface area (Å²) >= 11 is 0. The maximum Gasteiger partial charge on any atom is 0.246 e. The molecule has 2 bridgehead atoms. The van der Waals surface area contributed by atoms with Crippen LogP contribution in [0.3, 0.4) is 0 Å². The zero-order chi connectivity index (χ0) is 31.9. The lowest BCUT2D eigenvalue weighted by Gasteiger charge is -2.39. The molecule has 5 aromatic rings. The van der Waals surface area contributed by atoms with E-state index in [2.05, 4.69) is 30.3 Å². The maximum atomic E-state index is 15.5. The number of amides is 1. The van der Waals surface area contributed by atoms with Gasteiger partial charge in [-0.1, -0.05) is 6.08 Å². The van der Waals surface area contributed by atoms with Crippen LogP contribution in [-0.2, 0) is 4.79 Å². The third kappa shape index (κ3) is 5.62. The van der Waals surface area contributed by atoms with Crippen molar-refractivity contribution in [3.63, 3.8) is 0 Å². The summed E-state index contributed by atoms with van der Waals surface area (Å²) in [6.45, 7) is 5.91. The first kappa shape index (κ1) is 29.3. The Morgan fingerprint density at radius 2 is 2.04 bits per heavy atom. The molecule has 1 fully saturated rings. The molecule has 0 saturated carbocycles. The summed E-state index contributed by atoms with van der Waals surface area (Å²) in [6, 6.07) is 8.28. The van der Waals surface area contributed by atoms with Crippen LogP contribution < -0.4 is 19.7 Å². The summed E-state index contributed by atoms with van der Waals surface area (Å²) in [4.78, 5) is 37.0. The number of rotatable bonds is 7. The normalized spacial score (nSPS) is 16.9. The Balaban J connectivity index is 1.12. The van der Waals surface area contributed by atoms with Gasteiger partial charge in [-0.2, -0.15) is 5.10 Å². The van der Waals surface area contributed by atoms with Gasteiger partial charge in [0.1, 0.15) is 42.1 Å². The van der Waals surface area contributed by atoms with Crippen molar-refractivity contribution < 1.29 is 18.7 Å². The van der Waals surface area contributed by atoms with E-state index in [0.717, 1.165) is 0 Å². The van der Waals surface area contributed by atoms with Crippen molar-refractivity contribution in [1.29, 1.82) is 0 Å². The molecule has 2 aliphatic rings. The number of aromatic nitrogens is 6. The number of fused-ring (bicyclic) bond motifs is 6. The number of hydrogen-bond donors (Lipinski definition) is 1. The highest BCUT2D eigenvalue weighted by atomic mass is 19.1. The molecular weight excluding hydrogens is 591 g/mol. The molecule has 2 atom stereocenters. The molecule has 236 valence electrons. The Hall–Kier alpha value is -5.37. The standard InChI is InChI=1S/C32H33FN10O3/c1-19-11-24(23(33)13-26(19)46-22-7-8-43-28(12-22)35-18-37-43)38-31-30-25(34-17-36-31)14-27-32(39-30)41-9-10-42(21(15-41)16-45-27)29(44)6-5-20(2)40(3)4/h5-8,11-14,17-18,20-21H,9-10,15-16H2,1-4H3,(H,34,36,38)/b6-5+. The summed E-state index contributed by atoms with van der Waals surface area (Å²) in [5, 5.41) is 7.19. The molecular formula is C32H33FN10O3. The highest BCUT2D eigenvalue weighted by molar-refractivity contribution is 5.91. The number of nitrogens with zero attached hydrogens (tertiary/aromatic N) is 9. The number of nitrogens with one attached hydrogen (secondary N) is 1. The van der Waals surface area contributed by atoms with Gasteiger partial charge in [0.25, 0.3) is 0 Å². The van der Waals surface area contributed by atoms with E-state index in [0.29, 0.717) is 77.4 Å². The van der Waals surface area contributed by atoms with Gasteiger partial charge in [-0.25, -0.2) is 28.8 Å². The van der Waals surface area contributed by atoms with Crippen molar-refractivity contribution in [2.75, 3.05) is 50.6 Å².